The van der Waals surface area contributed by atoms with Crippen LogP contribution in [0.1, 0.15) is 35.8 Å². The van der Waals surface area contributed by atoms with E-state index in [1.165, 1.54) is 6.20 Å². The number of aromatic carboxylic acids is 1. The van der Waals surface area contributed by atoms with Gasteiger partial charge in [-0.3, -0.25) is 4.98 Å². The van der Waals surface area contributed by atoms with Gasteiger partial charge in [-0.25, -0.2) is 4.79 Å². The summed E-state index contributed by atoms with van der Waals surface area (Å²) in [6, 6.07) is 1.64. The predicted octanol–water partition coefficient (Wildman–Crippen LogP) is 3.04. The van der Waals surface area contributed by atoms with E-state index in [1.807, 2.05) is 13.8 Å². The number of carboxylic acid groups (broad SMARTS) is 1. The highest BCUT2D eigenvalue weighted by Crippen LogP contribution is 2.29. The summed E-state index contributed by atoms with van der Waals surface area (Å²) >= 11 is 5.99. The number of nitrogens with zero attached hydrogens (tertiary/aromatic N) is 1. The van der Waals surface area contributed by atoms with Gasteiger partial charge in [-0.1, -0.05) is 25.4 Å². The van der Waals surface area contributed by atoms with Crippen LogP contribution in [-0.2, 0) is 0 Å². The maximum atomic E-state index is 11.2. The number of carboxylic acids is 1. The molecule has 0 radical (unpaired) electrons. The number of halogens is 1. The van der Waals surface area contributed by atoms with Crippen LogP contribution in [0.2, 0.25) is 5.02 Å². The first-order valence-corrected chi connectivity index (χ1v) is 5.29. The van der Waals surface area contributed by atoms with Gasteiger partial charge >= 0.3 is 5.97 Å². The van der Waals surface area contributed by atoms with Crippen molar-refractivity contribution in [3.8, 4) is 0 Å². The van der Waals surface area contributed by atoms with Gasteiger partial charge in [0.1, 0.15) is 11.1 Å². The van der Waals surface area contributed by atoms with Crippen molar-refractivity contribution in [1.82, 2.24) is 9.97 Å². The van der Waals surface area contributed by atoms with Crippen LogP contribution < -0.4 is 0 Å². The predicted molar refractivity (Wildman–Crippen MR) is 62.2 cm³/mol. The van der Waals surface area contributed by atoms with Gasteiger partial charge in [0.25, 0.3) is 0 Å². The first-order chi connectivity index (χ1) is 7.52. The molecule has 2 rings (SSSR count). The molecule has 0 bridgehead atoms. The molecule has 2 N–H and O–H groups in total. The third kappa shape index (κ3) is 1.55. The van der Waals surface area contributed by atoms with Crippen LogP contribution in [0.5, 0.6) is 0 Å². The van der Waals surface area contributed by atoms with E-state index in [9.17, 15) is 9.90 Å². The molecule has 0 aliphatic rings. The Bertz CT molecular complexity index is 560. The molecule has 0 spiro atoms. The lowest BCUT2D eigenvalue weighted by Crippen LogP contribution is -2.02. The molecule has 0 saturated heterocycles. The summed E-state index contributed by atoms with van der Waals surface area (Å²) in [7, 11) is 0. The molecule has 2 aromatic heterocycles. The number of aromatic nitrogens is 2. The van der Waals surface area contributed by atoms with Crippen molar-refractivity contribution >= 4 is 28.6 Å². The van der Waals surface area contributed by atoms with Crippen LogP contribution in [0, 0.1) is 0 Å². The SMILES string of the molecule is CC(C)c1[nH]c2c(Cl)ccnc2c1C(=O)O. The van der Waals surface area contributed by atoms with Gasteiger partial charge in [0, 0.05) is 11.9 Å². The first-order valence-electron chi connectivity index (χ1n) is 4.91. The normalized spacial score (nSPS) is 11.2. The Balaban J connectivity index is 2.86. The third-order valence-corrected chi connectivity index (χ3v) is 2.77. The monoisotopic (exact) mass is 238 g/mol. The van der Waals surface area contributed by atoms with Crippen molar-refractivity contribution in [2.45, 2.75) is 19.8 Å². The smallest absolute Gasteiger partial charge is 0.339 e. The van der Waals surface area contributed by atoms with Crippen LogP contribution >= 0.6 is 11.6 Å². The molecule has 2 aromatic rings. The maximum Gasteiger partial charge on any atom is 0.339 e. The second-order valence-corrected chi connectivity index (χ2v) is 4.30. The largest absolute Gasteiger partial charge is 0.478 e. The number of hydrogen-bond donors (Lipinski definition) is 2. The topological polar surface area (TPSA) is 66.0 Å². The van der Waals surface area contributed by atoms with Gasteiger partial charge in [0.2, 0.25) is 0 Å². The van der Waals surface area contributed by atoms with Crippen molar-refractivity contribution < 1.29 is 9.90 Å². The summed E-state index contributed by atoms with van der Waals surface area (Å²) in [6.07, 6.45) is 1.51. The number of H-pyrrole nitrogens is 1. The van der Waals surface area contributed by atoms with Gasteiger partial charge in [0.15, 0.2) is 0 Å². The van der Waals surface area contributed by atoms with Crippen LogP contribution in [0.4, 0.5) is 0 Å². The first kappa shape index (κ1) is 11.0. The van der Waals surface area contributed by atoms with Gasteiger partial charge in [-0.2, -0.15) is 0 Å². The van der Waals surface area contributed by atoms with Crippen molar-refractivity contribution in [2.75, 3.05) is 0 Å². The Morgan fingerprint density at radius 1 is 1.56 bits per heavy atom. The van der Waals surface area contributed by atoms with E-state index >= 15 is 0 Å². The van der Waals surface area contributed by atoms with Gasteiger partial charge in [0.05, 0.1) is 10.5 Å². The van der Waals surface area contributed by atoms with E-state index in [0.717, 1.165) is 0 Å². The summed E-state index contributed by atoms with van der Waals surface area (Å²) in [5.74, 6) is -0.902. The Kier molecular flexibility index (Phi) is 2.59. The average Bonchev–Trinajstić information content (AvgIpc) is 2.58. The van der Waals surface area contributed by atoms with E-state index in [-0.39, 0.29) is 11.5 Å². The Hall–Kier alpha value is -1.55. The molecule has 16 heavy (non-hydrogen) atoms. The van der Waals surface area contributed by atoms with E-state index in [4.69, 9.17) is 11.6 Å². The van der Waals surface area contributed by atoms with Crippen LogP contribution in [0.25, 0.3) is 11.0 Å². The number of nitrogens with one attached hydrogen (secondary N) is 1. The zero-order chi connectivity index (χ0) is 11.9. The number of fused-ring (bicyclic) bond motifs is 1. The van der Waals surface area contributed by atoms with Crippen LogP contribution in [0.3, 0.4) is 0 Å². The summed E-state index contributed by atoms with van der Waals surface area (Å²) in [5.41, 5.74) is 1.88. The molecule has 5 heteroatoms. The lowest BCUT2D eigenvalue weighted by molar-refractivity contribution is 0.0697. The summed E-state index contributed by atoms with van der Waals surface area (Å²) < 4.78 is 0. The summed E-state index contributed by atoms with van der Waals surface area (Å²) in [4.78, 5) is 18.3. The van der Waals surface area contributed by atoms with Crippen molar-refractivity contribution in [2.24, 2.45) is 0 Å². The third-order valence-electron chi connectivity index (χ3n) is 2.46. The van der Waals surface area contributed by atoms with E-state index in [2.05, 4.69) is 9.97 Å². The fraction of sp³-hybridized carbons (Fsp3) is 0.273. The van der Waals surface area contributed by atoms with E-state index in [1.54, 1.807) is 6.07 Å². The average molecular weight is 239 g/mol. The minimum atomic E-state index is -0.982. The second kappa shape index (κ2) is 3.79. The lowest BCUT2D eigenvalue weighted by atomic mass is 10.1. The molecule has 0 saturated carbocycles. The molecule has 84 valence electrons. The number of rotatable bonds is 2. The highest BCUT2D eigenvalue weighted by Gasteiger charge is 2.21. The summed E-state index contributed by atoms with van der Waals surface area (Å²) in [6.45, 7) is 3.84. The molecule has 2 heterocycles. The molecule has 0 unspecified atom stereocenters. The van der Waals surface area contributed by atoms with E-state index < -0.39 is 5.97 Å². The van der Waals surface area contributed by atoms with Crippen molar-refractivity contribution in [3.63, 3.8) is 0 Å². The van der Waals surface area contributed by atoms with Gasteiger partial charge in [-0.15, -0.1) is 0 Å². The fourth-order valence-electron chi connectivity index (χ4n) is 1.72. The quantitative estimate of drug-likeness (QED) is 0.845. The molecule has 0 aliphatic carbocycles. The van der Waals surface area contributed by atoms with Crippen LogP contribution in [0.15, 0.2) is 12.3 Å². The molecule has 0 aliphatic heterocycles. The Labute approximate surface area is 97.3 Å². The molecule has 0 aromatic carbocycles. The standard InChI is InChI=1S/C11H11ClN2O2/c1-5(2)8-7(11(15)16)10-9(14-8)6(12)3-4-13-10/h3-5,14H,1-2H3,(H,15,16). The van der Waals surface area contributed by atoms with Gasteiger partial charge < -0.3 is 10.1 Å². The van der Waals surface area contributed by atoms with E-state index in [0.29, 0.717) is 21.7 Å². The van der Waals surface area contributed by atoms with Crippen molar-refractivity contribution in [3.05, 3.63) is 28.5 Å². The second-order valence-electron chi connectivity index (χ2n) is 3.89. The van der Waals surface area contributed by atoms with Gasteiger partial charge in [-0.05, 0) is 12.0 Å². The van der Waals surface area contributed by atoms with Crippen molar-refractivity contribution in [1.29, 1.82) is 0 Å². The molecule has 0 fully saturated rings. The Morgan fingerprint density at radius 2 is 2.25 bits per heavy atom. The Morgan fingerprint density at radius 3 is 2.81 bits per heavy atom. The van der Waals surface area contributed by atoms with Crippen LogP contribution in [-0.4, -0.2) is 21.0 Å². The highest BCUT2D eigenvalue weighted by molar-refractivity contribution is 6.35. The zero-order valence-corrected chi connectivity index (χ0v) is 9.67. The molecule has 0 amide bonds. The molecular formula is C11H11ClN2O2. The minimum Gasteiger partial charge on any atom is -0.478 e. The number of hydrogen-bond acceptors (Lipinski definition) is 2. The number of pyridine rings is 1. The maximum absolute atomic E-state index is 11.2. The number of aromatic amines is 1. The zero-order valence-electron chi connectivity index (χ0n) is 8.91. The fourth-order valence-corrected chi connectivity index (χ4v) is 1.91. The highest BCUT2D eigenvalue weighted by atomic mass is 35.5. The molecule has 0 atom stereocenters. The number of carbonyl (C=O) groups is 1. The lowest BCUT2D eigenvalue weighted by Gasteiger charge is -2.02. The summed E-state index contributed by atoms with van der Waals surface area (Å²) in [5, 5.41) is 9.67. The molecule has 4 nitrogen and oxygen atoms in total. The molecular weight excluding hydrogens is 228 g/mol. The minimum absolute atomic E-state index is 0.0800.